The molecule has 2 rings (SSSR count). The average molecular weight is 306 g/mol. The fraction of sp³-hybridized carbons (Fsp3) is 0.385. The zero-order valence-corrected chi connectivity index (χ0v) is 12.1. The Balaban J connectivity index is 2.20. The van der Waals surface area contributed by atoms with E-state index in [1.807, 2.05) is 13.0 Å². The molecule has 9 nitrogen and oxygen atoms in total. The molecule has 118 valence electrons. The number of nitrogens with two attached hydrogens (primary N) is 1. The normalized spacial score (nSPS) is 13.3. The van der Waals surface area contributed by atoms with E-state index in [1.165, 1.54) is 12.7 Å². The van der Waals surface area contributed by atoms with Crippen molar-refractivity contribution < 1.29 is 15.0 Å². The van der Waals surface area contributed by atoms with E-state index in [1.54, 1.807) is 4.57 Å². The van der Waals surface area contributed by atoms with Crippen LogP contribution in [0.3, 0.4) is 0 Å². The van der Waals surface area contributed by atoms with Crippen LogP contribution in [0, 0.1) is 0 Å². The van der Waals surface area contributed by atoms with Crippen LogP contribution in [0.25, 0.3) is 11.2 Å². The molecule has 1 unspecified atom stereocenters. The van der Waals surface area contributed by atoms with Crippen LogP contribution in [0.4, 0.5) is 5.82 Å². The summed E-state index contributed by atoms with van der Waals surface area (Å²) in [5.74, 6) is -0.548. The van der Waals surface area contributed by atoms with Crippen molar-refractivity contribution >= 4 is 23.0 Å². The zero-order chi connectivity index (χ0) is 16.1. The van der Waals surface area contributed by atoms with Crippen molar-refractivity contribution in [3.05, 3.63) is 24.3 Å². The SMILES string of the molecule is C/C(=C\CNc1ncnc2c1ncn2CC(N)C(=O)O)CO. The molecule has 9 heteroatoms. The average Bonchev–Trinajstić information content (AvgIpc) is 2.91. The van der Waals surface area contributed by atoms with Gasteiger partial charge in [-0.15, -0.1) is 0 Å². The van der Waals surface area contributed by atoms with Gasteiger partial charge >= 0.3 is 5.97 Å². The molecule has 0 amide bonds. The predicted octanol–water partition coefficient (Wildman–Crippen LogP) is -0.411. The molecule has 0 aliphatic heterocycles. The molecule has 0 radical (unpaired) electrons. The Morgan fingerprint density at radius 1 is 1.50 bits per heavy atom. The van der Waals surface area contributed by atoms with Gasteiger partial charge in [-0.3, -0.25) is 4.79 Å². The second-order valence-corrected chi connectivity index (χ2v) is 4.83. The Hall–Kier alpha value is -2.52. The first-order valence-electron chi connectivity index (χ1n) is 6.67. The first-order valence-corrected chi connectivity index (χ1v) is 6.67. The molecule has 2 heterocycles. The fourth-order valence-electron chi connectivity index (χ4n) is 1.82. The van der Waals surface area contributed by atoms with Gasteiger partial charge in [0.15, 0.2) is 11.5 Å². The minimum atomic E-state index is -1.08. The van der Waals surface area contributed by atoms with Gasteiger partial charge in [0.2, 0.25) is 0 Å². The van der Waals surface area contributed by atoms with E-state index in [9.17, 15) is 4.79 Å². The molecule has 1 atom stereocenters. The van der Waals surface area contributed by atoms with Crippen LogP contribution < -0.4 is 11.1 Å². The minimum Gasteiger partial charge on any atom is -0.480 e. The number of rotatable bonds is 7. The highest BCUT2D eigenvalue weighted by molar-refractivity contribution is 5.83. The summed E-state index contributed by atoms with van der Waals surface area (Å²) in [6.07, 6.45) is 4.70. The van der Waals surface area contributed by atoms with Gasteiger partial charge in [-0.2, -0.15) is 0 Å². The van der Waals surface area contributed by atoms with E-state index in [2.05, 4.69) is 20.3 Å². The summed E-state index contributed by atoms with van der Waals surface area (Å²) in [7, 11) is 0. The molecular weight excluding hydrogens is 288 g/mol. The van der Waals surface area contributed by atoms with Gasteiger partial charge < -0.3 is 25.8 Å². The van der Waals surface area contributed by atoms with Crippen LogP contribution >= 0.6 is 0 Å². The maximum absolute atomic E-state index is 10.8. The second-order valence-electron chi connectivity index (χ2n) is 4.83. The fourth-order valence-corrected chi connectivity index (χ4v) is 1.82. The van der Waals surface area contributed by atoms with Crippen molar-refractivity contribution in [3.63, 3.8) is 0 Å². The minimum absolute atomic E-state index is 0.00255. The first-order chi connectivity index (χ1) is 10.5. The number of nitrogens with zero attached hydrogens (tertiary/aromatic N) is 4. The third-order valence-corrected chi connectivity index (χ3v) is 3.08. The van der Waals surface area contributed by atoms with Gasteiger partial charge in [0, 0.05) is 6.54 Å². The Morgan fingerprint density at radius 3 is 2.95 bits per heavy atom. The summed E-state index contributed by atoms with van der Waals surface area (Å²) >= 11 is 0. The number of hydrogen-bond acceptors (Lipinski definition) is 7. The lowest BCUT2D eigenvalue weighted by atomic mass is 10.3. The molecule has 2 aromatic heterocycles. The molecule has 0 fully saturated rings. The van der Waals surface area contributed by atoms with Gasteiger partial charge in [-0.05, 0) is 6.92 Å². The number of aliphatic hydroxyl groups excluding tert-OH is 1. The number of anilines is 1. The highest BCUT2D eigenvalue weighted by Gasteiger charge is 2.16. The molecule has 0 aliphatic rings. The molecule has 5 N–H and O–H groups in total. The van der Waals surface area contributed by atoms with Crippen LogP contribution in [0.2, 0.25) is 0 Å². The van der Waals surface area contributed by atoms with Gasteiger partial charge in [0.1, 0.15) is 17.9 Å². The van der Waals surface area contributed by atoms with Crippen LogP contribution in [0.5, 0.6) is 0 Å². The van der Waals surface area contributed by atoms with Gasteiger partial charge in [-0.25, -0.2) is 15.0 Å². The van der Waals surface area contributed by atoms with Crippen molar-refractivity contribution in [1.82, 2.24) is 19.5 Å². The van der Waals surface area contributed by atoms with Crippen molar-refractivity contribution in [3.8, 4) is 0 Å². The van der Waals surface area contributed by atoms with Crippen LogP contribution in [0.1, 0.15) is 6.92 Å². The molecule has 0 aliphatic carbocycles. The van der Waals surface area contributed by atoms with E-state index in [-0.39, 0.29) is 13.2 Å². The van der Waals surface area contributed by atoms with E-state index >= 15 is 0 Å². The molecular formula is C13H18N6O3. The molecule has 0 aromatic carbocycles. The first kappa shape index (κ1) is 15.9. The number of imidazole rings is 1. The molecule has 0 spiro atoms. The van der Waals surface area contributed by atoms with E-state index < -0.39 is 12.0 Å². The lowest BCUT2D eigenvalue weighted by Crippen LogP contribution is -2.34. The highest BCUT2D eigenvalue weighted by atomic mass is 16.4. The number of nitrogens with one attached hydrogen (secondary N) is 1. The number of carboxylic acids is 1. The van der Waals surface area contributed by atoms with E-state index in [4.69, 9.17) is 15.9 Å². The van der Waals surface area contributed by atoms with Crippen molar-refractivity contribution in [1.29, 1.82) is 0 Å². The summed E-state index contributed by atoms with van der Waals surface area (Å²) in [6, 6.07) is -1.03. The number of carbonyl (C=O) groups is 1. The molecule has 22 heavy (non-hydrogen) atoms. The number of fused-ring (bicyclic) bond motifs is 1. The summed E-state index contributed by atoms with van der Waals surface area (Å²) in [4.78, 5) is 23.3. The Bertz CT molecular complexity index is 696. The summed E-state index contributed by atoms with van der Waals surface area (Å²) < 4.78 is 1.58. The standard InChI is InChI=1S/C13H18N6O3/c1-8(5-20)2-3-15-11-10-12(17-6-16-11)19(7-18-10)4-9(14)13(21)22/h2,6-7,9,20H,3-5,14H2,1H3,(H,21,22)(H,15,16,17)/b8-2+. The quantitative estimate of drug-likeness (QED) is 0.506. The topological polar surface area (TPSA) is 139 Å². The van der Waals surface area contributed by atoms with E-state index in [0.29, 0.717) is 23.5 Å². The smallest absolute Gasteiger partial charge is 0.322 e. The van der Waals surface area contributed by atoms with Crippen LogP contribution in [-0.4, -0.2) is 54.9 Å². The largest absolute Gasteiger partial charge is 0.480 e. The summed E-state index contributed by atoms with van der Waals surface area (Å²) in [5, 5.41) is 20.9. The lowest BCUT2D eigenvalue weighted by molar-refractivity contribution is -0.138. The summed E-state index contributed by atoms with van der Waals surface area (Å²) in [5.41, 5.74) is 7.42. The lowest BCUT2D eigenvalue weighted by Gasteiger charge is -2.08. The van der Waals surface area contributed by atoms with Crippen molar-refractivity contribution in [2.45, 2.75) is 19.5 Å². The third-order valence-electron chi connectivity index (χ3n) is 3.08. The molecule has 2 aromatic rings. The third kappa shape index (κ3) is 3.57. The molecule has 0 bridgehead atoms. The number of carboxylic acid groups (broad SMARTS) is 1. The Kier molecular flexibility index (Phi) is 5.02. The predicted molar refractivity (Wildman–Crippen MR) is 80.3 cm³/mol. The summed E-state index contributed by atoms with van der Waals surface area (Å²) in [6.45, 7) is 2.38. The molecule has 0 saturated carbocycles. The Labute approximate surface area is 126 Å². The van der Waals surface area contributed by atoms with Gasteiger partial charge in [0.25, 0.3) is 0 Å². The van der Waals surface area contributed by atoms with Gasteiger partial charge in [-0.1, -0.05) is 11.6 Å². The van der Waals surface area contributed by atoms with Crippen LogP contribution in [-0.2, 0) is 11.3 Å². The highest BCUT2D eigenvalue weighted by Crippen LogP contribution is 2.17. The van der Waals surface area contributed by atoms with Crippen molar-refractivity contribution in [2.75, 3.05) is 18.5 Å². The maximum Gasteiger partial charge on any atom is 0.322 e. The zero-order valence-electron chi connectivity index (χ0n) is 12.1. The van der Waals surface area contributed by atoms with Gasteiger partial charge in [0.05, 0.1) is 19.5 Å². The number of aliphatic hydroxyl groups is 1. The number of aliphatic carboxylic acids is 1. The maximum atomic E-state index is 10.8. The Morgan fingerprint density at radius 2 is 2.27 bits per heavy atom. The monoisotopic (exact) mass is 306 g/mol. The number of aromatic nitrogens is 4. The molecule has 0 saturated heterocycles. The van der Waals surface area contributed by atoms with Crippen molar-refractivity contribution in [2.24, 2.45) is 5.73 Å². The number of hydrogen-bond donors (Lipinski definition) is 4. The van der Waals surface area contributed by atoms with E-state index in [0.717, 1.165) is 5.57 Å². The van der Waals surface area contributed by atoms with Crippen LogP contribution in [0.15, 0.2) is 24.3 Å². The second kappa shape index (κ2) is 6.96.